The van der Waals surface area contributed by atoms with Gasteiger partial charge in [-0.3, -0.25) is 14.4 Å². The Balaban J connectivity index is 1.70. The van der Waals surface area contributed by atoms with Gasteiger partial charge in [0, 0.05) is 37.4 Å². The summed E-state index contributed by atoms with van der Waals surface area (Å²) in [6, 6.07) is 0.350. The lowest BCUT2D eigenvalue weighted by Crippen LogP contribution is -2.42. The van der Waals surface area contributed by atoms with Gasteiger partial charge in [0.25, 0.3) is 0 Å². The van der Waals surface area contributed by atoms with Gasteiger partial charge < -0.3 is 10.2 Å². The molecule has 2 fully saturated rings. The van der Waals surface area contributed by atoms with Crippen LogP contribution in [0.25, 0.3) is 0 Å². The molecule has 0 radical (unpaired) electrons. The zero-order chi connectivity index (χ0) is 19.1. The van der Waals surface area contributed by atoms with Crippen LogP contribution in [0.4, 0.5) is 0 Å². The largest absolute Gasteiger partial charge is 0.340 e. The van der Waals surface area contributed by atoms with E-state index < -0.39 is 0 Å². The highest BCUT2D eigenvalue weighted by Gasteiger charge is 2.46. The second-order valence-electron chi connectivity index (χ2n) is 8.77. The SMILES string of the molecule is Cc1nn(C(C)C)c(C)c1CN(C)C(=O)[C@@H]1CC2(CCNCC2)CN1C. The van der Waals surface area contributed by atoms with E-state index in [0.29, 0.717) is 18.0 Å². The number of hydrogen-bond donors (Lipinski definition) is 1. The Kier molecular flexibility index (Phi) is 5.45. The number of piperidine rings is 1. The summed E-state index contributed by atoms with van der Waals surface area (Å²) < 4.78 is 2.06. The molecule has 1 N–H and O–H groups in total. The lowest BCUT2D eigenvalue weighted by Gasteiger charge is -2.33. The fraction of sp³-hybridized carbons (Fsp3) is 0.800. The molecule has 2 saturated heterocycles. The van der Waals surface area contributed by atoms with E-state index in [-0.39, 0.29) is 11.9 Å². The highest BCUT2D eigenvalue weighted by molar-refractivity contribution is 5.82. The smallest absolute Gasteiger partial charge is 0.239 e. The molecule has 146 valence electrons. The second kappa shape index (κ2) is 7.31. The lowest BCUT2D eigenvalue weighted by molar-refractivity contribution is -0.134. The van der Waals surface area contributed by atoms with Crippen molar-refractivity contribution < 1.29 is 4.79 Å². The quantitative estimate of drug-likeness (QED) is 0.892. The first-order valence-electron chi connectivity index (χ1n) is 9.94. The predicted molar refractivity (Wildman–Crippen MR) is 104 cm³/mol. The third-order valence-corrected chi connectivity index (χ3v) is 6.43. The molecule has 1 aromatic rings. The van der Waals surface area contributed by atoms with Crippen molar-refractivity contribution in [1.29, 1.82) is 0 Å². The van der Waals surface area contributed by atoms with Crippen molar-refractivity contribution in [2.75, 3.05) is 33.7 Å². The summed E-state index contributed by atoms with van der Waals surface area (Å²) >= 11 is 0. The van der Waals surface area contributed by atoms with E-state index >= 15 is 0 Å². The van der Waals surface area contributed by atoms with E-state index in [9.17, 15) is 4.79 Å². The van der Waals surface area contributed by atoms with E-state index in [2.05, 4.69) is 47.8 Å². The van der Waals surface area contributed by atoms with Crippen LogP contribution in [0, 0.1) is 19.3 Å². The maximum atomic E-state index is 13.2. The van der Waals surface area contributed by atoms with E-state index in [4.69, 9.17) is 0 Å². The molecule has 6 nitrogen and oxygen atoms in total. The Morgan fingerprint density at radius 2 is 2.00 bits per heavy atom. The summed E-state index contributed by atoms with van der Waals surface area (Å²) in [4.78, 5) is 17.4. The molecule has 1 amide bonds. The zero-order valence-corrected chi connectivity index (χ0v) is 17.3. The first kappa shape index (κ1) is 19.4. The molecule has 2 aliphatic heterocycles. The molecule has 6 heteroatoms. The van der Waals surface area contributed by atoms with Crippen LogP contribution in [0.1, 0.15) is 56.1 Å². The fourth-order valence-electron chi connectivity index (χ4n) is 4.86. The Labute approximate surface area is 157 Å². The number of aryl methyl sites for hydroxylation is 1. The third kappa shape index (κ3) is 3.54. The molecular weight excluding hydrogens is 326 g/mol. The van der Waals surface area contributed by atoms with Crippen LogP contribution in [0.3, 0.4) is 0 Å². The fourth-order valence-corrected chi connectivity index (χ4v) is 4.86. The number of carbonyl (C=O) groups excluding carboxylic acids is 1. The van der Waals surface area contributed by atoms with Crippen LogP contribution in [0.2, 0.25) is 0 Å². The molecule has 0 unspecified atom stereocenters. The monoisotopic (exact) mass is 361 g/mol. The molecule has 3 heterocycles. The summed E-state index contributed by atoms with van der Waals surface area (Å²) in [7, 11) is 4.05. The Hall–Kier alpha value is -1.40. The van der Waals surface area contributed by atoms with Gasteiger partial charge in [0.1, 0.15) is 0 Å². The first-order valence-corrected chi connectivity index (χ1v) is 9.94. The number of nitrogens with zero attached hydrogens (tertiary/aromatic N) is 4. The van der Waals surface area contributed by atoms with Gasteiger partial charge in [0.2, 0.25) is 5.91 Å². The van der Waals surface area contributed by atoms with E-state index in [1.165, 1.54) is 24.1 Å². The minimum atomic E-state index is 0.0128. The lowest BCUT2D eigenvalue weighted by atomic mass is 9.77. The van der Waals surface area contributed by atoms with Crippen molar-refractivity contribution in [1.82, 2.24) is 24.9 Å². The van der Waals surface area contributed by atoms with Crippen molar-refractivity contribution in [2.45, 2.75) is 65.6 Å². The van der Waals surface area contributed by atoms with Crippen LogP contribution < -0.4 is 5.32 Å². The number of likely N-dealkylation sites (tertiary alicyclic amines) is 1. The third-order valence-electron chi connectivity index (χ3n) is 6.43. The second-order valence-corrected chi connectivity index (χ2v) is 8.77. The average molecular weight is 362 g/mol. The summed E-state index contributed by atoms with van der Waals surface area (Å²) in [5, 5.41) is 8.12. The van der Waals surface area contributed by atoms with Crippen molar-refractivity contribution in [3.8, 4) is 0 Å². The zero-order valence-electron chi connectivity index (χ0n) is 17.3. The first-order chi connectivity index (χ1) is 12.2. The highest BCUT2D eigenvalue weighted by Crippen LogP contribution is 2.41. The number of hydrogen-bond acceptors (Lipinski definition) is 4. The number of amides is 1. The van der Waals surface area contributed by atoms with Crippen LogP contribution in [-0.4, -0.2) is 65.3 Å². The predicted octanol–water partition coefficient (Wildman–Crippen LogP) is 2.11. The standard InChI is InChI=1S/C20H35N5O/c1-14(2)25-16(4)17(15(3)22-25)12-23(5)19(26)18-11-20(13-24(18)6)7-9-21-10-8-20/h14,18,21H,7-13H2,1-6H3/t18-/m0/s1. The molecule has 1 spiro atoms. The van der Waals surface area contributed by atoms with Gasteiger partial charge in [0.05, 0.1) is 11.7 Å². The molecule has 0 saturated carbocycles. The number of rotatable bonds is 4. The Morgan fingerprint density at radius 3 is 2.58 bits per heavy atom. The molecule has 3 rings (SSSR count). The van der Waals surface area contributed by atoms with Crippen LogP contribution in [-0.2, 0) is 11.3 Å². The summed E-state index contributed by atoms with van der Waals surface area (Å²) in [6.07, 6.45) is 3.37. The van der Waals surface area contributed by atoms with Gasteiger partial charge in [-0.25, -0.2) is 0 Å². The minimum Gasteiger partial charge on any atom is -0.340 e. The van der Waals surface area contributed by atoms with Gasteiger partial charge in [0.15, 0.2) is 0 Å². The molecule has 1 atom stereocenters. The molecule has 1 aromatic heterocycles. The van der Waals surface area contributed by atoms with Gasteiger partial charge in [-0.1, -0.05) is 0 Å². The molecule has 0 aliphatic carbocycles. The van der Waals surface area contributed by atoms with Gasteiger partial charge >= 0.3 is 0 Å². The van der Waals surface area contributed by atoms with Crippen LogP contribution in [0.15, 0.2) is 0 Å². The van der Waals surface area contributed by atoms with Gasteiger partial charge in [-0.2, -0.15) is 5.10 Å². The van der Waals surface area contributed by atoms with Crippen LogP contribution >= 0.6 is 0 Å². The van der Waals surface area contributed by atoms with Crippen molar-refractivity contribution in [2.24, 2.45) is 5.41 Å². The van der Waals surface area contributed by atoms with Crippen molar-refractivity contribution in [3.63, 3.8) is 0 Å². The average Bonchev–Trinajstić information content (AvgIpc) is 3.05. The maximum absolute atomic E-state index is 13.2. The minimum absolute atomic E-state index is 0.0128. The van der Waals surface area contributed by atoms with Crippen molar-refractivity contribution in [3.05, 3.63) is 17.0 Å². The maximum Gasteiger partial charge on any atom is 0.239 e. The molecule has 26 heavy (non-hydrogen) atoms. The van der Waals surface area contributed by atoms with Gasteiger partial charge in [-0.15, -0.1) is 0 Å². The normalized spacial score (nSPS) is 23.1. The Morgan fingerprint density at radius 1 is 1.35 bits per heavy atom. The van der Waals surface area contributed by atoms with E-state index in [1.54, 1.807) is 0 Å². The Bertz CT molecular complexity index is 659. The van der Waals surface area contributed by atoms with Gasteiger partial charge in [-0.05, 0) is 72.5 Å². The number of aromatic nitrogens is 2. The molecule has 0 aromatic carbocycles. The van der Waals surface area contributed by atoms with Crippen LogP contribution in [0.5, 0.6) is 0 Å². The highest BCUT2D eigenvalue weighted by atomic mass is 16.2. The summed E-state index contributed by atoms with van der Waals surface area (Å²) in [5.41, 5.74) is 3.72. The summed E-state index contributed by atoms with van der Waals surface area (Å²) in [5.74, 6) is 0.249. The molecular formula is C20H35N5O. The topological polar surface area (TPSA) is 53.4 Å². The summed E-state index contributed by atoms with van der Waals surface area (Å²) in [6.45, 7) is 12.3. The number of carbonyl (C=O) groups is 1. The van der Waals surface area contributed by atoms with Crippen molar-refractivity contribution >= 4 is 5.91 Å². The molecule has 2 aliphatic rings. The number of nitrogens with one attached hydrogen (secondary N) is 1. The van der Waals surface area contributed by atoms with E-state index in [0.717, 1.165) is 31.7 Å². The van der Waals surface area contributed by atoms with E-state index in [1.807, 2.05) is 18.9 Å². The number of likely N-dealkylation sites (N-methyl/N-ethyl adjacent to an activating group) is 2. The molecule has 0 bridgehead atoms.